The smallest absolute Gasteiger partial charge is 0.225 e. The summed E-state index contributed by atoms with van der Waals surface area (Å²) in [4.78, 5) is 18.6. The number of carbonyl (C=O) groups excluding carboxylic acids is 1. The first-order chi connectivity index (χ1) is 12.1. The highest BCUT2D eigenvalue weighted by Crippen LogP contribution is 2.34. The van der Waals surface area contributed by atoms with E-state index < -0.39 is 0 Å². The van der Waals surface area contributed by atoms with Crippen LogP contribution in [0, 0.1) is 5.92 Å². The van der Waals surface area contributed by atoms with E-state index in [2.05, 4.69) is 46.0 Å². The standard InChI is InChI=1S/C19H29N5O/c1-20-19(22-12-17(24(2)3)13-8-9-13)21-11-14-10-18(25)23-16-7-5-4-6-15(14)16/h4-7,13-14,17H,8-12H2,1-3H3,(H,23,25)(H2,20,21,22). The fourth-order valence-electron chi connectivity index (χ4n) is 3.58. The number of benzene rings is 1. The minimum atomic E-state index is 0.0786. The van der Waals surface area contributed by atoms with Gasteiger partial charge < -0.3 is 20.9 Å². The van der Waals surface area contributed by atoms with Crippen LogP contribution in [0.5, 0.6) is 0 Å². The number of carbonyl (C=O) groups is 1. The predicted molar refractivity (Wildman–Crippen MR) is 102 cm³/mol. The average molecular weight is 343 g/mol. The van der Waals surface area contributed by atoms with Crippen LogP contribution in [-0.2, 0) is 4.79 Å². The van der Waals surface area contributed by atoms with Crippen LogP contribution >= 0.6 is 0 Å². The Morgan fingerprint density at radius 1 is 1.32 bits per heavy atom. The predicted octanol–water partition coefficient (Wildman–Crippen LogP) is 1.62. The summed E-state index contributed by atoms with van der Waals surface area (Å²) in [6, 6.07) is 8.57. The summed E-state index contributed by atoms with van der Waals surface area (Å²) in [5.74, 6) is 1.84. The molecule has 1 aliphatic carbocycles. The summed E-state index contributed by atoms with van der Waals surface area (Å²) in [5, 5.41) is 9.78. The van der Waals surface area contributed by atoms with Crippen molar-refractivity contribution in [3.63, 3.8) is 0 Å². The molecular formula is C19H29N5O. The van der Waals surface area contributed by atoms with Crippen LogP contribution in [0.4, 0.5) is 5.69 Å². The molecule has 0 saturated heterocycles. The van der Waals surface area contributed by atoms with E-state index in [1.165, 1.54) is 18.4 Å². The number of nitrogens with zero attached hydrogens (tertiary/aromatic N) is 2. The molecule has 6 heteroatoms. The maximum absolute atomic E-state index is 11.9. The molecular weight excluding hydrogens is 314 g/mol. The molecule has 0 spiro atoms. The normalized spacial score (nSPS) is 21.5. The second kappa shape index (κ2) is 7.87. The van der Waals surface area contributed by atoms with E-state index >= 15 is 0 Å². The van der Waals surface area contributed by atoms with Gasteiger partial charge in [0.15, 0.2) is 5.96 Å². The number of amides is 1. The van der Waals surface area contributed by atoms with E-state index in [1.807, 2.05) is 18.2 Å². The molecule has 1 saturated carbocycles. The number of rotatable bonds is 6. The Hall–Kier alpha value is -2.08. The molecule has 2 unspecified atom stereocenters. The van der Waals surface area contributed by atoms with Gasteiger partial charge in [-0.05, 0) is 44.5 Å². The quantitative estimate of drug-likeness (QED) is 0.542. The first kappa shape index (κ1) is 17.7. The van der Waals surface area contributed by atoms with Gasteiger partial charge >= 0.3 is 0 Å². The molecule has 1 fully saturated rings. The number of para-hydroxylation sites is 1. The van der Waals surface area contributed by atoms with E-state index in [0.29, 0.717) is 19.0 Å². The molecule has 1 aliphatic heterocycles. The minimum absolute atomic E-state index is 0.0786. The van der Waals surface area contributed by atoms with Gasteiger partial charge in [-0.15, -0.1) is 0 Å². The largest absolute Gasteiger partial charge is 0.356 e. The third kappa shape index (κ3) is 4.51. The highest BCUT2D eigenvalue weighted by atomic mass is 16.1. The topological polar surface area (TPSA) is 68.8 Å². The Balaban J connectivity index is 1.55. The molecule has 1 aromatic carbocycles. The number of hydrogen-bond donors (Lipinski definition) is 3. The van der Waals surface area contributed by atoms with Gasteiger partial charge in [-0.2, -0.15) is 0 Å². The van der Waals surface area contributed by atoms with Crippen LogP contribution in [-0.4, -0.2) is 57.0 Å². The van der Waals surface area contributed by atoms with Gasteiger partial charge in [-0.3, -0.25) is 9.79 Å². The lowest BCUT2D eigenvalue weighted by atomic mass is 9.90. The van der Waals surface area contributed by atoms with Crippen molar-refractivity contribution in [1.29, 1.82) is 0 Å². The fourth-order valence-corrected chi connectivity index (χ4v) is 3.58. The first-order valence-corrected chi connectivity index (χ1v) is 9.08. The van der Waals surface area contributed by atoms with Crippen molar-refractivity contribution in [3.05, 3.63) is 29.8 Å². The molecule has 2 atom stereocenters. The van der Waals surface area contributed by atoms with Gasteiger partial charge in [0.1, 0.15) is 0 Å². The second-order valence-corrected chi connectivity index (χ2v) is 7.24. The summed E-state index contributed by atoms with van der Waals surface area (Å²) >= 11 is 0. The fraction of sp³-hybridized carbons (Fsp3) is 0.579. The van der Waals surface area contributed by atoms with Crippen LogP contribution in [0.2, 0.25) is 0 Å². The Bertz CT molecular complexity index is 636. The molecule has 6 nitrogen and oxygen atoms in total. The molecule has 136 valence electrons. The molecule has 1 amide bonds. The Kier molecular flexibility index (Phi) is 5.58. The Morgan fingerprint density at radius 2 is 2.08 bits per heavy atom. The number of nitrogens with one attached hydrogen (secondary N) is 3. The van der Waals surface area contributed by atoms with E-state index in [9.17, 15) is 4.79 Å². The summed E-state index contributed by atoms with van der Waals surface area (Å²) in [5.41, 5.74) is 2.11. The highest BCUT2D eigenvalue weighted by molar-refractivity contribution is 5.94. The number of likely N-dealkylation sites (N-methyl/N-ethyl adjacent to an activating group) is 1. The molecule has 2 aliphatic rings. The van der Waals surface area contributed by atoms with Crippen LogP contribution in [0.1, 0.15) is 30.7 Å². The van der Waals surface area contributed by atoms with Crippen molar-refractivity contribution >= 4 is 17.6 Å². The van der Waals surface area contributed by atoms with Gasteiger partial charge in [0.25, 0.3) is 0 Å². The highest BCUT2D eigenvalue weighted by Gasteiger charge is 2.32. The van der Waals surface area contributed by atoms with Crippen LogP contribution in [0.3, 0.4) is 0 Å². The van der Waals surface area contributed by atoms with Crippen LogP contribution in [0.25, 0.3) is 0 Å². The molecule has 3 rings (SSSR count). The molecule has 0 aromatic heterocycles. The van der Waals surface area contributed by atoms with Crippen molar-refractivity contribution in [2.24, 2.45) is 10.9 Å². The summed E-state index contributed by atoms with van der Waals surface area (Å²) in [6.45, 7) is 1.58. The van der Waals surface area contributed by atoms with E-state index in [0.717, 1.165) is 24.1 Å². The molecule has 25 heavy (non-hydrogen) atoms. The maximum Gasteiger partial charge on any atom is 0.225 e. The minimum Gasteiger partial charge on any atom is -0.356 e. The lowest BCUT2D eigenvalue weighted by molar-refractivity contribution is -0.116. The van der Waals surface area contributed by atoms with Gasteiger partial charge in [0, 0.05) is 44.2 Å². The molecule has 0 radical (unpaired) electrons. The third-order valence-corrected chi connectivity index (χ3v) is 5.15. The van der Waals surface area contributed by atoms with Crippen LogP contribution < -0.4 is 16.0 Å². The van der Waals surface area contributed by atoms with E-state index in [1.54, 1.807) is 7.05 Å². The summed E-state index contributed by atoms with van der Waals surface area (Å²) in [7, 11) is 6.06. The van der Waals surface area contributed by atoms with E-state index in [-0.39, 0.29) is 11.8 Å². The molecule has 3 N–H and O–H groups in total. The lowest BCUT2D eigenvalue weighted by Gasteiger charge is -2.28. The Morgan fingerprint density at radius 3 is 2.76 bits per heavy atom. The van der Waals surface area contributed by atoms with Gasteiger partial charge in [0.05, 0.1) is 0 Å². The van der Waals surface area contributed by atoms with Crippen LogP contribution in [0.15, 0.2) is 29.3 Å². The summed E-state index contributed by atoms with van der Waals surface area (Å²) in [6.07, 6.45) is 3.15. The van der Waals surface area contributed by atoms with Crippen molar-refractivity contribution in [2.75, 3.05) is 39.5 Å². The number of guanidine groups is 1. The van der Waals surface area contributed by atoms with Gasteiger partial charge in [-0.1, -0.05) is 18.2 Å². The number of anilines is 1. The monoisotopic (exact) mass is 343 g/mol. The summed E-state index contributed by atoms with van der Waals surface area (Å²) < 4.78 is 0. The zero-order valence-electron chi connectivity index (χ0n) is 15.4. The average Bonchev–Trinajstić information content (AvgIpc) is 3.42. The van der Waals surface area contributed by atoms with Crippen molar-refractivity contribution in [1.82, 2.24) is 15.5 Å². The lowest BCUT2D eigenvalue weighted by Crippen LogP contribution is -2.47. The Labute approximate surface area is 150 Å². The SMILES string of the molecule is CN=C(NCC1CC(=O)Nc2ccccc21)NCC(C1CC1)N(C)C. The third-order valence-electron chi connectivity index (χ3n) is 5.15. The molecule has 0 bridgehead atoms. The van der Waals surface area contributed by atoms with Crippen molar-refractivity contribution in [2.45, 2.75) is 31.2 Å². The molecule has 1 heterocycles. The number of hydrogen-bond acceptors (Lipinski definition) is 3. The van der Waals surface area contributed by atoms with Gasteiger partial charge in [0.2, 0.25) is 5.91 Å². The van der Waals surface area contributed by atoms with Gasteiger partial charge in [-0.25, -0.2) is 0 Å². The second-order valence-electron chi connectivity index (χ2n) is 7.24. The molecule has 1 aromatic rings. The van der Waals surface area contributed by atoms with Crippen molar-refractivity contribution < 1.29 is 4.79 Å². The number of aliphatic imine (C=N–C) groups is 1. The van der Waals surface area contributed by atoms with E-state index in [4.69, 9.17) is 0 Å². The van der Waals surface area contributed by atoms with Crippen molar-refractivity contribution in [3.8, 4) is 0 Å². The zero-order chi connectivity index (χ0) is 17.8. The maximum atomic E-state index is 11.9. The number of fused-ring (bicyclic) bond motifs is 1. The first-order valence-electron chi connectivity index (χ1n) is 9.08. The zero-order valence-corrected chi connectivity index (χ0v) is 15.4.